The first kappa shape index (κ1) is 13.5. The summed E-state index contributed by atoms with van der Waals surface area (Å²) in [5, 5.41) is 11.2. The summed E-state index contributed by atoms with van der Waals surface area (Å²) >= 11 is 0. The molecule has 0 bridgehead atoms. The average molecular weight is 242 g/mol. The molecule has 0 saturated carbocycles. The van der Waals surface area contributed by atoms with Gasteiger partial charge in [-0.05, 0) is 12.8 Å². The van der Waals surface area contributed by atoms with Gasteiger partial charge in [-0.3, -0.25) is 14.4 Å². The van der Waals surface area contributed by atoms with Crippen LogP contribution in [-0.4, -0.2) is 47.4 Å². The van der Waals surface area contributed by atoms with E-state index in [1.165, 1.54) is 0 Å². The Kier molecular flexibility index (Phi) is 5.45. The van der Waals surface area contributed by atoms with Crippen molar-refractivity contribution in [2.75, 3.05) is 19.6 Å². The number of rotatable bonds is 5. The number of amides is 2. The van der Waals surface area contributed by atoms with Crippen molar-refractivity contribution in [3.05, 3.63) is 0 Å². The second-order valence-electron chi connectivity index (χ2n) is 4.08. The molecule has 1 heterocycles. The van der Waals surface area contributed by atoms with E-state index in [1.807, 2.05) is 0 Å². The molecule has 1 saturated heterocycles. The highest BCUT2D eigenvalue weighted by atomic mass is 16.4. The molecule has 96 valence electrons. The number of hydrogen-bond donors (Lipinski definition) is 2. The van der Waals surface area contributed by atoms with Gasteiger partial charge in [0.15, 0.2) is 0 Å². The summed E-state index contributed by atoms with van der Waals surface area (Å²) < 4.78 is 0. The van der Waals surface area contributed by atoms with Gasteiger partial charge in [-0.25, -0.2) is 0 Å². The third kappa shape index (κ3) is 5.33. The fourth-order valence-corrected chi connectivity index (χ4v) is 1.73. The Morgan fingerprint density at radius 3 is 2.65 bits per heavy atom. The smallest absolute Gasteiger partial charge is 0.303 e. The van der Waals surface area contributed by atoms with Crippen molar-refractivity contribution in [2.24, 2.45) is 0 Å². The highest BCUT2D eigenvalue weighted by Crippen LogP contribution is 2.05. The topological polar surface area (TPSA) is 86.7 Å². The Hall–Kier alpha value is -1.59. The average Bonchev–Trinajstić information content (AvgIpc) is 2.49. The molecule has 6 heteroatoms. The molecular weight excluding hydrogens is 224 g/mol. The van der Waals surface area contributed by atoms with Crippen LogP contribution in [0.2, 0.25) is 0 Å². The van der Waals surface area contributed by atoms with Gasteiger partial charge in [-0.1, -0.05) is 0 Å². The molecule has 0 radical (unpaired) electrons. The van der Waals surface area contributed by atoms with Crippen LogP contribution in [-0.2, 0) is 14.4 Å². The minimum absolute atomic E-state index is 0.00638. The molecule has 0 aliphatic carbocycles. The van der Waals surface area contributed by atoms with Gasteiger partial charge in [0.1, 0.15) is 0 Å². The number of unbranched alkanes of at least 4 members (excludes halogenated alkanes) is 1. The molecule has 1 rings (SSSR count). The van der Waals surface area contributed by atoms with E-state index in [4.69, 9.17) is 5.11 Å². The molecule has 0 spiro atoms. The van der Waals surface area contributed by atoms with Gasteiger partial charge in [0, 0.05) is 38.9 Å². The maximum Gasteiger partial charge on any atom is 0.303 e. The minimum atomic E-state index is -0.831. The summed E-state index contributed by atoms with van der Waals surface area (Å²) in [4.78, 5) is 34.8. The molecule has 17 heavy (non-hydrogen) atoms. The summed E-state index contributed by atoms with van der Waals surface area (Å²) in [6, 6.07) is 0. The summed E-state index contributed by atoms with van der Waals surface area (Å²) in [5.74, 6) is -0.847. The number of aliphatic carboxylic acids is 1. The van der Waals surface area contributed by atoms with Gasteiger partial charge in [-0.2, -0.15) is 0 Å². The molecule has 0 aromatic heterocycles. The van der Waals surface area contributed by atoms with Crippen LogP contribution in [0.25, 0.3) is 0 Å². The standard InChI is InChI=1S/C11H18N2O4/c14-9-5-7-13(8-6-12-9)10(15)3-1-2-4-11(16)17/h1-8H2,(H,12,14)(H,16,17). The molecule has 0 aromatic carbocycles. The van der Waals surface area contributed by atoms with Crippen molar-refractivity contribution in [3.8, 4) is 0 Å². The van der Waals surface area contributed by atoms with Crippen LogP contribution >= 0.6 is 0 Å². The van der Waals surface area contributed by atoms with Crippen LogP contribution in [0.1, 0.15) is 32.1 Å². The van der Waals surface area contributed by atoms with Gasteiger partial charge in [0.05, 0.1) is 0 Å². The SMILES string of the molecule is O=C(O)CCCCC(=O)N1CCNC(=O)CC1. The summed E-state index contributed by atoms with van der Waals surface area (Å²) in [7, 11) is 0. The van der Waals surface area contributed by atoms with Crippen molar-refractivity contribution in [1.29, 1.82) is 0 Å². The lowest BCUT2D eigenvalue weighted by atomic mass is 10.2. The molecular formula is C11H18N2O4. The third-order valence-corrected chi connectivity index (χ3v) is 2.70. The lowest BCUT2D eigenvalue weighted by Gasteiger charge is -2.19. The number of nitrogens with one attached hydrogen (secondary N) is 1. The minimum Gasteiger partial charge on any atom is -0.481 e. The van der Waals surface area contributed by atoms with Crippen LogP contribution < -0.4 is 5.32 Å². The first-order chi connectivity index (χ1) is 8.09. The number of carboxylic acid groups (broad SMARTS) is 1. The number of carbonyl (C=O) groups is 3. The molecule has 1 aliphatic rings. The Morgan fingerprint density at radius 1 is 1.24 bits per heavy atom. The Labute approximate surface area is 100.0 Å². The van der Waals surface area contributed by atoms with Crippen LogP contribution in [0.15, 0.2) is 0 Å². The molecule has 1 aliphatic heterocycles. The van der Waals surface area contributed by atoms with Gasteiger partial charge < -0.3 is 15.3 Å². The lowest BCUT2D eigenvalue weighted by Crippen LogP contribution is -2.34. The van der Waals surface area contributed by atoms with E-state index >= 15 is 0 Å². The van der Waals surface area contributed by atoms with Gasteiger partial charge in [0.25, 0.3) is 0 Å². The maximum atomic E-state index is 11.7. The highest BCUT2D eigenvalue weighted by Gasteiger charge is 2.17. The molecule has 2 amide bonds. The van der Waals surface area contributed by atoms with Crippen molar-refractivity contribution in [3.63, 3.8) is 0 Å². The predicted molar refractivity (Wildman–Crippen MR) is 60.3 cm³/mol. The molecule has 6 nitrogen and oxygen atoms in total. The zero-order valence-electron chi connectivity index (χ0n) is 9.78. The summed E-state index contributed by atoms with van der Waals surface area (Å²) in [6.45, 7) is 1.51. The van der Waals surface area contributed by atoms with E-state index < -0.39 is 5.97 Å². The van der Waals surface area contributed by atoms with E-state index in [0.29, 0.717) is 45.3 Å². The van der Waals surface area contributed by atoms with Gasteiger partial charge >= 0.3 is 5.97 Å². The first-order valence-corrected chi connectivity index (χ1v) is 5.86. The van der Waals surface area contributed by atoms with Gasteiger partial charge in [0.2, 0.25) is 11.8 Å². The van der Waals surface area contributed by atoms with Crippen LogP contribution in [0.4, 0.5) is 0 Å². The second kappa shape index (κ2) is 6.88. The van der Waals surface area contributed by atoms with E-state index in [1.54, 1.807) is 4.90 Å². The van der Waals surface area contributed by atoms with E-state index in [2.05, 4.69) is 5.32 Å². The predicted octanol–water partition coefficient (Wildman–Crippen LogP) is -0.0201. The molecule has 0 atom stereocenters. The number of carboxylic acids is 1. The van der Waals surface area contributed by atoms with Crippen molar-refractivity contribution in [1.82, 2.24) is 10.2 Å². The summed E-state index contributed by atoms with van der Waals surface area (Å²) in [6.07, 6.45) is 1.92. The first-order valence-electron chi connectivity index (χ1n) is 5.86. The summed E-state index contributed by atoms with van der Waals surface area (Å²) in [5.41, 5.74) is 0. The van der Waals surface area contributed by atoms with Crippen LogP contribution in [0, 0.1) is 0 Å². The number of carbonyl (C=O) groups excluding carboxylic acids is 2. The van der Waals surface area contributed by atoms with E-state index in [9.17, 15) is 14.4 Å². The third-order valence-electron chi connectivity index (χ3n) is 2.70. The van der Waals surface area contributed by atoms with Crippen molar-refractivity contribution >= 4 is 17.8 Å². The van der Waals surface area contributed by atoms with E-state index in [-0.39, 0.29) is 18.2 Å². The molecule has 2 N–H and O–H groups in total. The Morgan fingerprint density at radius 2 is 1.94 bits per heavy atom. The molecule has 1 fully saturated rings. The fraction of sp³-hybridized carbons (Fsp3) is 0.727. The quantitative estimate of drug-likeness (QED) is 0.663. The highest BCUT2D eigenvalue weighted by molar-refractivity contribution is 5.80. The molecule has 0 aromatic rings. The fourth-order valence-electron chi connectivity index (χ4n) is 1.73. The maximum absolute atomic E-state index is 11.7. The molecule has 0 unspecified atom stereocenters. The Bertz CT molecular complexity index is 304. The number of nitrogens with zero attached hydrogens (tertiary/aromatic N) is 1. The van der Waals surface area contributed by atoms with Crippen LogP contribution in [0.5, 0.6) is 0 Å². The largest absolute Gasteiger partial charge is 0.481 e. The van der Waals surface area contributed by atoms with Gasteiger partial charge in [-0.15, -0.1) is 0 Å². The van der Waals surface area contributed by atoms with Crippen molar-refractivity contribution < 1.29 is 19.5 Å². The monoisotopic (exact) mass is 242 g/mol. The van der Waals surface area contributed by atoms with E-state index in [0.717, 1.165) is 0 Å². The Balaban J connectivity index is 2.22. The van der Waals surface area contributed by atoms with Crippen LogP contribution in [0.3, 0.4) is 0 Å². The second-order valence-corrected chi connectivity index (χ2v) is 4.08. The zero-order chi connectivity index (χ0) is 12.7. The lowest BCUT2D eigenvalue weighted by molar-refractivity contribution is -0.137. The normalized spacial score (nSPS) is 16.2. The zero-order valence-corrected chi connectivity index (χ0v) is 9.78. The van der Waals surface area contributed by atoms with Crippen molar-refractivity contribution in [2.45, 2.75) is 32.1 Å². The number of hydrogen-bond acceptors (Lipinski definition) is 3.